The minimum Gasteiger partial charge on any atom is -0.508 e. The van der Waals surface area contributed by atoms with E-state index in [4.69, 9.17) is 13.9 Å². The van der Waals surface area contributed by atoms with Crippen LogP contribution in [-0.4, -0.2) is 34.2 Å². The third-order valence-electron chi connectivity index (χ3n) is 5.96. The number of carbonyl (C=O) groups is 1. The zero-order valence-corrected chi connectivity index (χ0v) is 20.7. The Balaban J connectivity index is 1.32. The fourth-order valence-corrected chi connectivity index (χ4v) is 3.88. The number of benzene rings is 3. The van der Waals surface area contributed by atoms with Gasteiger partial charge < -0.3 is 23.9 Å². The van der Waals surface area contributed by atoms with Crippen molar-refractivity contribution in [2.45, 2.75) is 33.2 Å². The Hall–Kier alpha value is -4.26. The molecular formula is C29H30N2O5. The van der Waals surface area contributed by atoms with Crippen LogP contribution in [0.1, 0.15) is 36.9 Å². The van der Waals surface area contributed by atoms with Crippen LogP contribution in [0.2, 0.25) is 0 Å². The Bertz CT molecular complexity index is 1270. The summed E-state index contributed by atoms with van der Waals surface area (Å²) in [4.78, 5) is 18.9. The number of nitrogens with zero attached hydrogens (tertiary/aromatic N) is 2. The number of phenolic OH excluding ortho intramolecular Hbond substituents is 1. The molecule has 0 radical (unpaired) electrons. The third kappa shape index (κ3) is 6.05. The number of oxazole rings is 1. The van der Waals surface area contributed by atoms with E-state index in [1.165, 1.54) is 12.1 Å². The molecule has 0 aliphatic rings. The first-order valence-electron chi connectivity index (χ1n) is 12.0. The molecule has 36 heavy (non-hydrogen) atoms. The number of aromatic nitrogens is 1. The Morgan fingerprint density at radius 2 is 1.67 bits per heavy atom. The van der Waals surface area contributed by atoms with E-state index in [1.54, 1.807) is 17.0 Å². The van der Waals surface area contributed by atoms with Gasteiger partial charge in [0.2, 0.25) is 5.89 Å². The number of hydrogen-bond acceptors (Lipinski definition) is 6. The first-order chi connectivity index (χ1) is 17.4. The lowest BCUT2D eigenvalue weighted by atomic mass is 10.1. The monoisotopic (exact) mass is 486 g/mol. The summed E-state index contributed by atoms with van der Waals surface area (Å²) >= 11 is 0. The van der Waals surface area contributed by atoms with Crippen LogP contribution in [0.5, 0.6) is 17.2 Å². The zero-order valence-electron chi connectivity index (χ0n) is 20.7. The van der Waals surface area contributed by atoms with Gasteiger partial charge in [0.25, 0.3) is 0 Å². The molecule has 1 atom stereocenters. The fraction of sp³-hybridized carbons (Fsp3) is 0.241. The van der Waals surface area contributed by atoms with Crippen LogP contribution in [0.25, 0.3) is 11.5 Å². The predicted octanol–water partition coefficient (Wildman–Crippen LogP) is 6.56. The van der Waals surface area contributed by atoms with Crippen molar-refractivity contribution < 1.29 is 23.8 Å². The van der Waals surface area contributed by atoms with Crippen LogP contribution >= 0.6 is 0 Å². The van der Waals surface area contributed by atoms with Crippen molar-refractivity contribution in [3.05, 3.63) is 95.9 Å². The van der Waals surface area contributed by atoms with E-state index in [2.05, 4.69) is 4.98 Å². The summed E-state index contributed by atoms with van der Waals surface area (Å²) in [6.07, 6.45) is 0.157. The average Bonchev–Trinajstić information content (AvgIpc) is 3.27. The van der Waals surface area contributed by atoms with Gasteiger partial charge in [0.05, 0.1) is 18.3 Å². The van der Waals surface area contributed by atoms with Crippen LogP contribution in [0, 0.1) is 6.92 Å². The number of aryl methyl sites for hydroxylation is 1. The highest BCUT2D eigenvalue weighted by molar-refractivity contribution is 5.71. The number of ether oxygens (including phenoxy) is 2. The van der Waals surface area contributed by atoms with E-state index in [-0.39, 0.29) is 11.8 Å². The highest BCUT2D eigenvalue weighted by Gasteiger charge is 2.22. The van der Waals surface area contributed by atoms with Gasteiger partial charge >= 0.3 is 6.09 Å². The summed E-state index contributed by atoms with van der Waals surface area (Å²) in [5.41, 5.74) is 2.77. The van der Waals surface area contributed by atoms with Crippen molar-refractivity contribution in [1.29, 1.82) is 0 Å². The molecule has 4 aromatic rings. The molecule has 0 spiro atoms. The maximum absolute atomic E-state index is 12.7. The average molecular weight is 487 g/mol. The van der Waals surface area contributed by atoms with Gasteiger partial charge in [-0.05, 0) is 74.9 Å². The number of amides is 1. The maximum atomic E-state index is 12.7. The molecule has 4 rings (SSSR count). The zero-order chi connectivity index (χ0) is 25.5. The van der Waals surface area contributed by atoms with Crippen molar-refractivity contribution >= 4 is 6.09 Å². The van der Waals surface area contributed by atoms with Crippen LogP contribution in [0.3, 0.4) is 0 Å². The second kappa shape index (κ2) is 11.4. The molecule has 1 N–H and O–H groups in total. The first-order valence-corrected chi connectivity index (χ1v) is 12.0. The van der Waals surface area contributed by atoms with Crippen molar-refractivity contribution in [2.75, 3.05) is 13.2 Å². The van der Waals surface area contributed by atoms with Crippen LogP contribution in [0.4, 0.5) is 4.79 Å². The van der Waals surface area contributed by atoms with E-state index >= 15 is 0 Å². The van der Waals surface area contributed by atoms with E-state index in [0.717, 1.165) is 28.3 Å². The Kier molecular flexibility index (Phi) is 7.90. The molecule has 1 amide bonds. The lowest BCUT2D eigenvalue weighted by Crippen LogP contribution is -2.35. The van der Waals surface area contributed by atoms with Crippen LogP contribution in [0.15, 0.2) is 83.3 Å². The molecule has 0 aliphatic heterocycles. The largest absolute Gasteiger partial charge is 0.508 e. The predicted molar refractivity (Wildman–Crippen MR) is 137 cm³/mol. The molecule has 1 heterocycles. The van der Waals surface area contributed by atoms with Gasteiger partial charge in [-0.3, -0.25) is 0 Å². The molecule has 186 valence electrons. The van der Waals surface area contributed by atoms with Gasteiger partial charge in [0, 0.05) is 18.5 Å². The Labute approximate surface area is 210 Å². The van der Waals surface area contributed by atoms with Crippen LogP contribution < -0.4 is 9.47 Å². The molecule has 7 heteroatoms. The van der Waals surface area contributed by atoms with E-state index in [1.807, 2.05) is 75.4 Å². The molecule has 0 unspecified atom stereocenters. The molecule has 7 nitrogen and oxygen atoms in total. The summed E-state index contributed by atoms with van der Waals surface area (Å²) < 4.78 is 17.3. The number of hydrogen-bond donors (Lipinski definition) is 1. The number of rotatable bonds is 9. The molecule has 1 aromatic heterocycles. The molecule has 0 saturated carbocycles. The summed E-state index contributed by atoms with van der Waals surface area (Å²) in [5.74, 6) is 2.66. The quantitative estimate of drug-likeness (QED) is 0.288. The van der Waals surface area contributed by atoms with Crippen molar-refractivity contribution in [2.24, 2.45) is 0 Å². The molecule has 3 aromatic carbocycles. The maximum Gasteiger partial charge on any atom is 0.415 e. The van der Waals surface area contributed by atoms with Gasteiger partial charge in [-0.1, -0.05) is 30.3 Å². The lowest BCUT2D eigenvalue weighted by Gasteiger charge is -2.27. The molecule has 0 fully saturated rings. The standard InChI is InChI=1S/C29H30N2O5/c1-4-31(29(33)35-26-16-12-24(32)13-17-26)21(3)22-10-14-25(15-11-22)34-19-18-27-20(2)30-28(36-27)23-8-6-5-7-9-23/h5-17,21,32H,4,18-19H2,1-3H3/t21-/m0/s1. The van der Waals surface area contributed by atoms with Crippen molar-refractivity contribution in [1.82, 2.24) is 9.88 Å². The third-order valence-corrected chi connectivity index (χ3v) is 5.96. The second-order valence-electron chi connectivity index (χ2n) is 8.38. The summed E-state index contributed by atoms with van der Waals surface area (Å²) in [6.45, 7) is 6.74. The minimum atomic E-state index is -0.451. The lowest BCUT2D eigenvalue weighted by molar-refractivity contribution is 0.138. The van der Waals surface area contributed by atoms with E-state index in [9.17, 15) is 9.90 Å². The molecule has 0 saturated heterocycles. The van der Waals surface area contributed by atoms with Gasteiger partial charge in [-0.2, -0.15) is 0 Å². The number of aromatic hydroxyl groups is 1. The Morgan fingerprint density at radius 1 is 1.00 bits per heavy atom. The van der Waals surface area contributed by atoms with Gasteiger partial charge in [0.15, 0.2) is 0 Å². The van der Waals surface area contributed by atoms with Gasteiger partial charge in [0.1, 0.15) is 23.0 Å². The second-order valence-corrected chi connectivity index (χ2v) is 8.38. The number of carbonyl (C=O) groups excluding carboxylic acids is 1. The van der Waals surface area contributed by atoms with Crippen molar-refractivity contribution in [3.63, 3.8) is 0 Å². The smallest absolute Gasteiger partial charge is 0.415 e. The van der Waals surface area contributed by atoms with E-state index in [0.29, 0.717) is 31.2 Å². The Morgan fingerprint density at radius 3 is 2.33 bits per heavy atom. The van der Waals surface area contributed by atoms with Gasteiger partial charge in [-0.15, -0.1) is 0 Å². The summed E-state index contributed by atoms with van der Waals surface area (Å²) in [6, 6.07) is 23.4. The summed E-state index contributed by atoms with van der Waals surface area (Å²) in [5, 5.41) is 9.41. The highest BCUT2D eigenvalue weighted by atomic mass is 16.6. The normalized spacial score (nSPS) is 11.6. The SMILES string of the molecule is CCN(C(=O)Oc1ccc(O)cc1)[C@@H](C)c1ccc(OCCc2oc(-c3ccccc3)nc2C)cc1. The van der Waals surface area contributed by atoms with E-state index < -0.39 is 6.09 Å². The molecule has 0 bridgehead atoms. The van der Waals surface area contributed by atoms with Crippen molar-refractivity contribution in [3.8, 4) is 28.7 Å². The first kappa shape index (κ1) is 24.9. The molecule has 0 aliphatic carbocycles. The fourth-order valence-electron chi connectivity index (χ4n) is 3.88. The van der Waals surface area contributed by atoms with Gasteiger partial charge in [-0.25, -0.2) is 9.78 Å². The topological polar surface area (TPSA) is 85.0 Å². The molecular weight excluding hydrogens is 456 g/mol. The summed E-state index contributed by atoms with van der Waals surface area (Å²) in [7, 11) is 0. The number of phenols is 1. The minimum absolute atomic E-state index is 0.116. The van der Waals surface area contributed by atoms with Crippen LogP contribution in [-0.2, 0) is 6.42 Å². The highest BCUT2D eigenvalue weighted by Crippen LogP contribution is 2.26.